The van der Waals surface area contributed by atoms with Gasteiger partial charge in [-0.1, -0.05) is 48.9 Å². The van der Waals surface area contributed by atoms with E-state index < -0.39 is 0 Å². The Balaban J connectivity index is 2.10. The van der Waals surface area contributed by atoms with Gasteiger partial charge in [-0.25, -0.2) is 4.68 Å². The summed E-state index contributed by atoms with van der Waals surface area (Å²) in [5.41, 5.74) is 8.49. The molecule has 3 rings (SSSR count). The van der Waals surface area contributed by atoms with Gasteiger partial charge in [-0.3, -0.25) is 0 Å². The van der Waals surface area contributed by atoms with Crippen LogP contribution in [0.3, 0.4) is 0 Å². The number of hydrogen-bond donors (Lipinski definition) is 0. The van der Waals surface area contributed by atoms with Crippen molar-refractivity contribution < 1.29 is 0 Å². The van der Waals surface area contributed by atoms with Gasteiger partial charge in [-0.05, 0) is 50.5 Å². The van der Waals surface area contributed by atoms with Crippen molar-refractivity contribution in [2.75, 3.05) is 0 Å². The molecular weight excluding hydrogens is 268 g/mol. The first-order valence-electron chi connectivity index (χ1n) is 7.82. The van der Waals surface area contributed by atoms with E-state index in [-0.39, 0.29) is 0 Å². The molecule has 2 nitrogen and oxygen atoms in total. The lowest BCUT2D eigenvalue weighted by molar-refractivity contribution is 0.833. The monoisotopic (exact) mass is 290 g/mol. The van der Waals surface area contributed by atoms with Gasteiger partial charge in [0.05, 0.1) is 11.4 Å². The minimum Gasteiger partial charge on any atom is -0.237 e. The summed E-state index contributed by atoms with van der Waals surface area (Å²) in [6.07, 6.45) is 1.06. The molecule has 2 aromatic carbocycles. The summed E-state index contributed by atoms with van der Waals surface area (Å²) in [5.74, 6) is 0. The van der Waals surface area contributed by atoms with E-state index >= 15 is 0 Å². The molecular formula is C20H22N2. The Labute approximate surface area is 132 Å². The van der Waals surface area contributed by atoms with Crippen LogP contribution < -0.4 is 0 Å². The molecule has 0 spiro atoms. The lowest BCUT2D eigenvalue weighted by Crippen LogP contribution is -1.99. The van der Waals surface area contributed by atoms with Crippen LogP contribution in [0.25, 0.3) is 16.8 Å². The van der Waals surface area contributed by atoms with Crippen molar-refractivity contribution in [2.45, 2.75) is 34.1 Å². The number of aromatic nitrogens is 2. The van der Waals surface area contributed by atoms with Gasteiger partial charge < -0.3 is 0 Å². The summed E-state index contributed by atoms with van der Waals surface area (Å²) in [5, 5.41) is 4.76. The van der Waals surface area contributed by atoms with Gasteiger partial charge in [0.25, 0.3) is 0 Å². The number of aryl methyl sites for hydroxylation is 3. The van der Waals surface area contributed by atoms with Gasteiger partial charge in [0.15, 0.2) is 0 Å². The molecule has 2 heteroatoms. The third kappa shape index (κ3) is 2.57. The molecule has 1 heterocycles. The van der Waals surface area contributed by atoms with Gasteiger partial charge in [0, 0.05) is 11.3 Å². The van der Waals surface area contributed by atoms with Crippen LogP contribution in [-0.4, -0.2) is 9.78 Å². The number of nitrogens with zero attached hydrogens (tertiary/aromatic N) is 2. The minimum absolute atomic E-state index is 1.06. The second-order valence-corrected chi connectivity index (χ2v) is 5.85. The maximum absolute atomic E-state index is 4.76. The lowest BCUT2D eigenvalue weighted by Gasteiger charge is -2.07. The molecule has 22 heavy (non-hydrogen) atoms. The molecule has 0 aliphatic rings. The van der Waals surface area contributed by atoms with E-state index in [1.54, 1.807) is 0 Å². The van der Waals surface area contributed by atoms with Crippen LogP contribution >= 0.6 is 0 Å². The van der Waals surface area contributed by atoms with Crippen molar-refractivity contribution in [2.24, 2.45) is 0 Å². The highest BCUT2D eigenvalue weighted by Gasteiger charge is 2.14. The third-order valence-corrected chi connectivity index (χ3v) is 4.19. The summed E-state index contributed by atoms with van der Waals surface area (Å²) in [6.45, 7) is 8.53. The first kappa shape index (κ1) is 14.6. The van der Waals surface area contributed by atoms with Crippen molar-refractivity contribution >= 4 is 0 Å². The van der Waals surface area contributed by atoms with Crippen molar-refractivity contribution in [3.63, 3.8) is 0 Å². The Bertz CT molecular complexity index is 795. The van der Waals surface area contributed by atoms with Gasteiger partial charge in [-0.15, -0.1) is 0 Å². The quantitative estimate of drug-likeness (QED) is 0.661. The van der Waals surface area contributed by atoms with Crippen molar-refractivity contribution in [3.05, 3.63) is 71.0 Å². The molecule has 1 aromatic heterocycles. The zero-order chi connectivity index (χ0) is 15.7. The first-order valence-corrected chi connectivity index (χ1v) is 7.82. The lowest BCUT2D eigenvalue weighted by atomic mass is 10.0. The molecule has 0 atom stereocenters. The molecule has 3 aromatic rings. The Morgan fingerprint density at radius 3 is 2.32 bits per heavy atom. The maximum atomic E-state index is 4.76. The number of hydrogen-bond acceptors (Lipinski definition) is 1. The smallest absolute Gasteiger partial charge is 0.0679 e. The van der Waals surface area contributed by atoms with Crippen LogP contribution in [0, 0.1) is 20.8 Å². The summed E-state index contributed by atoms with van der Waals surface area (Å²) in [7, 11) is 0. The molecule has 0 saturated heterocycles. The fourth-order valence-electron chi connectivity index (χ4n) is 2.99. The van der Waals surface area contributed by atoms with Crippen LogP contribution in [0.5, 0.6) is 0 Å². The topological polar surface area (TPSA) is 17.8 Å². The Kier molecular flexibility index (Phi) is 3.84. The fraction of sp³-hybridized carbons (Fsp3) is 0.250. The molecule has 0 unspecified atom stereocenters. The average Bonchev–Trinajstić information content (AvgIpc) is 2.82. The van der Waals surface area contributed by atoms with Gasteiger partial charge >= 0.3 is 0 Å². The summed E-state index contributed by atoms with van der Waals surface area (Å²) in [6, 6.07) is 17.3. The molecule has 0 amide bonds. The third-order valence-electron chi connectivity index (χ3n) is 4.19. The standard InChI is InChI=1S/C20H22N2/c1-5-17-9-11-19(12-10-17)22-16(4)20(15(3)21-22)18-8-6-7-14(2)13-18/h6-13H,5H2,1-4H3. The van der Waals surface area contributed by atoms with E-state index in [4.69, 9.17) is 5.10 Å². The number of rotatable bonds is 3. The normalized spacial score (nSPS) is 10.9. The molecule has 0 fully saturated rings. The predicted octanol–water partition coefficient (Wildman–Crippen LogP) is 5.03. The second kappa shape index (κ2) is 5.80. The number of benzene rings is 2. The van der Waals surface area contributed by atoms with Crippen LogP contribution in [0.1, 0.15) is 29.4 Å². The maximum Gasteiger partial charge on any atom is 0.0679 e. The minimum atomic E-state index is 1.06. The SMILES string of the molecule is CCc1ccc(-n2nc(C)c(-c3cccc(C)c3)c2C)cc1. The highest BCUT2D eigenvalue weighted by molar-refractivity contribution is 5.69. The molecule has 0 N–H and O–H groups in total. The van der Waals surface area contributed by atoms with E-state index in [2.05, 4.69) is 76.2 Å². The van der Waals surface area contributed by atoms with Crippen LogP contribution in [0.2, 0.25) is 0 Å². The Morgan fingerprint density at radius 1 is 0.955 bits per heavy atom. The zero-order valence-electron chi connectivity index (χ0n) is 13.7. The van der Waals surface area contributed by atoms with E-state index in [9.17, 15) is 0 Å². The van der Waals surface area contributed by atoms with E-state index in [1.807, 2.05) is 4.68 Å². The molecule has 0 bridgehead atoms. The zero-order valence-corrected chi connectivity index (χ0v) is 13.7. The fourth-order valence-corrected chi connectivity index (χ4v) is 2.99. The van der Waals surface area contributed by atoms with Gasteiger partial charge in [0.2, 0.25) is 0 Å². The van der Waals surface area contributed by atoms with Gasteiger partial charge in [0.1, 0.15) is 0 Å². The second-order valence-electron chi connectivity index (χ2n) is 5.85. The molecule has 0 saturated carbocycles. The Morgan fingerprint density at radius 2 is 1.68 bits per heavy atom. The highest BCUT2D eigenvalue weighted by Crippen LogP contribution is 2.29. The summed E-state index contributed by atoms with van der Waals surface area (Å²) < 4.78 is 2.05. The van der Waals surface area contributed by atoms with Crippen molar-refractivity contribution in [3.8, 4) is 16.8 Å². The predicted molar refractivity (Wildman–Crippen MR) is 92.6 cm³/mol. The van der Waals surface area contributed by atoms with E-state index in [0.717, 1.165) is 17.8 Å². The average molecular weight is 290 g/mol. The van der Waals surface area contributed by atoms with Crippen molar-refractivity contribution in [1.82, 2.24) is 9.78 Å². The van der Waals surface area contributed by atoms with Crippen LogP contribution in [0.15, 0.2) is 48.5 Å². The van der Waals surface area contributed by atoms with E-state index in [0.29, 0.717) is 0 Å². The van der Waals surface area contributed by atoms with Crippen LogP contribution in [-0.2, 0) is 6.42 Å². The Hall–Kier alpha value is -2.35. The van der Waals surface area contributed by atoms with E-state index in [1.165, 1.54) is 27.9 Å². The molecule has 0 aliphatic carbocycles. The molecule has 0 radical (unpaired) electrons. The van der Waals surface area contributed by atoms with Crippen molar-refractivity contribution in [1.29, 1.82) is 0 Å². The molecule has 0 aliphatic heterocycles. The first-order chi connectivity index (χ1) is 10.6. The summed E-state index contributed by atoms with van der Waals surface area (Å²) >= 11 is 0. The van der Waals surface area contributed by atoms with Crippen LogP contribution in [0.4, 0.5) is 0 Å². The van der Waals surface area contributed by atoms with Gasteiger partial charge in [-0.2, -0.15) is 5.10 Å². The highest BCUT2D eigenvalue weighted by atomic mass is 15.3. The largest absolute Gasteiger partial charge is 0.237 e. The summed E-state index contributed by atoms with van der Waals surface area (Å²) in [4.78, 5) is 0. The molecule has 112 valence electrons.